The maximum atomic E-state index is 3.25. The maximum absolute atomic E-state index is 3.25. The summed E-state index contributed by atoms with van der Waals surface area (Å²) < 4.78 is 0. The van der Waals surface area contributed by atoms with Crippen LogP contribution >= 0.6 is 0 Å². The van der Waals surface area contributed by atoms with Gasteiger partial charge in [-0.2, -0.15) is 0 Å². The second-order valence-electron chi connectivity index (χ2n) is 6.11. The summed E-state index contributed by atoms with van der Waals surface area (Å²) in [5, 5.41) is 3.25. The molecule has 0 bridgehead atoms. The molecule has 1 aliphatic carbocycles. The van der Waals surface area contributed by atoms with Crippen LogP contribution in [0.5, 0.6) is 0 Å². The highest BCUT2D eigenvalue weighted by Gasteiger charge is 2.26. The molecule has 1 heterocycles. The summed E-state index contributed by atoms with van der Waals surface area (Å²) in [6.45, 7) is 3.66. The van der Waals surface area contributed by atoms with Crippen molar-refractivity contribution in [3.63, 3.8) is 0 Å². The van der Waals surface area contributed by atoms with Crippen molar-refractivity contribution in [2.75, 3.05) is 31.6 Å². The van der Waals surface area contributed by atoms with Crippen LogP contribution in [-0.4, -0.2) is 26.7 Å². The molecule has 0 amide bonds. The van der Waals surface area contributed by atoms with Crippen LogP contribution in [-0.2, 0) is 12.8 Å². The van der Waals surface area contributed by atoms with Gasteiger partial charge in [0.25, 0.3) is 0 Å². The molecule has 0 saturated heterocycles. The zero-order chi connectivity index (χ0) is 13.1. The summed E-state index contributed by atoms with van der Waals surface area (Å²) in [5.74, 6) is 0.971. The van der Waals surface area contributed by atoms with Gasteiger partial charge in [-0.25, -0.2) is 0 Å². The van der Waals surface area contributed by atoms with Gasteiger partial charge in [-0.3, -0.25) is 0 Å². The fourth-order valence-corrected chi connectivity index (χ4v) is 3.44. The highest BCUT2D eigenvalue weighted by molar-refractivity contribution is 5.61. The van der Waals surface area contributed by atoms with Crippen molar-refractivity contribution in [2.45, 2.75) is 38.5 Å². The number of hydrogen-bond acceptors (Lipinski definition) is 2. The molecule has 2 aliphatic rings. The first-order valence-corrected chi connectivity index (χ1v) is 7.89. The number of benzene rings is 1. The minimum Gasteiger partial charge on any atom is -0.371 e. The van der Waals surface area contributed by atoms with Gasteiger partial charge in [0.15, 0.2) is 0 Å². The van der Waals surface area contributed by atoms with Gasteiger partial charge >= 0.3 is 0 Å². The van der Waals surface area contributed by atoms with Gasteiger partial charge in [-0.05, 0) is 68.8 Å². The van der Waals surface area contributed by atoms with E-state index >= 15 is 0 Å². The SMILES string of the molecule is CNCCCc1cccc2c1CCN2CC1CCC1. The molecular weight excluding hydrogens is 232 g/mol. The lowest BCUT2D eigenvalue weighted by atomic mass is 9.85. The first-order valence-electron chi connectivity index (χ1n) is 7.89. The summed E-state index contributed by atoms with van der Waals surface area (Å²) in [6, 6.07) is 6.93. The van der Waals surface area contributed by atoms with E-state index < -0.39 is 0 Å². The van der Waals surface area contributed by atoms with Gasteiger partial charge in [0, 0.05) is 18.8 Å². The topological polar surface area (TPSA) is 15.3 Å². The quantitative estimate of drug-likeness (QED) is 0.789. The molecule has 3 rings (SSSR count). The normalized spacial score (nSPS) is 18.5. The molecule has 0 atom stereocenters. The Bertz CT molecular complexity index is 423. The Morgan fingerprint density at radius 1 is 1.32 bits per heavy atom. The number of nitrogens with one attached hydrogen (secondary N) is 1. The minimum absolute atomic E-state index is 0.971. The van der Waals surface area contributed by atoms with E-state index in [1.54, 1.807) is 11.1 Å². The van der Waals surface area contributed by atoms with Crippen molar-refractivity contribution in [1.82, 2.24) is 5.32 Å². The Morgan fingerprint density at radius 2 is 2.21 bits per heavy atom. The summed E-state index contributed by atoms with van der Waals surface area (Å²) in [6.07, 6.45) is 8.09. The minimum atomic E-state index is 0.971. The summed E-state index contributed by atoms with van der Waals surface area (Å²) in [5.41, 5.74) is 4.76. The van der Waals surface area contributed by atoms with E-state index in [2.05, 4.69) is 28.4 Å². The van der Waals surface area contributed by atoms with E-state index in [4.69, 9.17) is 0 Å². The second kappa shape index (κ2) is 5.96. The van der Waals surface area contributed by atoms with Crippen LogP contribution in [0.2, 0.25) is 0 Å². The third kappa shape index (κ3) is 2.79. The van der Waals surface area contributed by atoms with Crippen LogP contribution in [0.4, 0.5) is 5.69 Å². The fourth-order valence-electron chi connectivity index (χ4n) is 3.44. The van der Waals surface area contributed by atoms with Crippen molar-refractivity contribution in [1.29, 1.82) is 0 Å². The Kier molecular flexibility index (Phi) is 4.07. The molecule has 2 nitrogen and oxygen atoms in total. The number of rotatable bonds is 6. The largest absolute Gasteiger partial charge is 0.371 e. The second-order valence-corrected chi connectivity index (χ2v) is 6.11. The number of hydrogen-bond donors (Lipinski definition) is 1. The highest BCUT2D eigenvalue weighted by atomic mass is 15.1. The zero-order valence-electron chi connectivity index (χ0n) is 12.1. The Hall–Kier alpha value is -1.02. The third-order valence-corrected chi connectivity index (χ3v) is 4.80. The van der Waals surface area contributed by atoms with Crippen molar-refractivity contribution < 1.29 is 0 Å². The number of fused-ring (bicyclic) bond motifs is 1. The molecule has 1 aromatic rings. The highest BCUT2D eigenvalue weighted by Crippen LogP contribution is 2.35. The monoisotopic (exact) mass is 258 g/mol. The predicted octanol–water partition coefficient (Wildman–Crippen LogP) is 3.00. The molecule has 1 aliphatic heterocycles. The van der Waals surface area contributed by atoms with Gasteiger partial charge in [-0.15, -0.1) is 0 Å². The lowest BCUT2D eigenvalue weighted by molar-refractivity contribution is 0.319. The molecule has 0 unspecified atom stereocenters. The smallest absolute Gasteiger partial charge is 0.0402 e. The third-order valence-electron chi connectivity index (χ3n) is 4.80. The van der Waals surface area contributed by atoms with Gasteiger partial charge in [-0.1, -0.05) is 18.6 Å². The fraction of sp³-hybridized carbons (Fsp3) is 0.647. The average molecular weight is 258 g/mol. The summed E-state index contributed by atoms with van der Waals surface area (Å²) in [7, 11) is 2.04. The molecule has 1 fully saturated rings. The van der Waals surface area contributed by atoms with Crippen LogP contribution in [0.25, 0.3) is 0 Å². The summed E-state index contributed by atoms with van der Waals surface area (Å²) >= 11 is 0. The van der Waals surface area contributed by atoms with Crippen LogP contribution in [0.15, 0.2) is 18.2 Å². The van der Waals surface area contributed by atoms with Crippen molar-refractivity contribution in [3.05, 3.63) is 29.3 Å². The Balaban J connectivity index is 1.68. The van der Waals surface area contributed by atoms with E-state index in [9.17, 15) is 0 Å². The van der Waals surface area contributed by atoms with E-state index in [1.807, 2.05) is 7.05 Å². The molecule has 0 spiro atoms. The van der Waals surface area contributed by atoms with Crippen LogP contribution < -0.4 is 10.2 Å². The summed E-state index contributed by atoms with van der Waals surface area (Å²) in [4.78, 5) is 2.64. The van der Waals surface area contributed by atoms with E-state index in [1.165, 1.54) is 57.3 Å². The molecule has 2 heteroatoms. The van der Waals surface area contributed by atoms with Gasteiger partial charge in [0.1, 0.15) is 0 Å². The molecule has 0 aromatic heterocycles. The maximum Gasteiger partial charge on any atom is 0.0402 e. The van der Waals surface area contributed by atoms with Crippen molar-refractivity contribution >= 4 is 5.69 Å². The number of anilines is 1. The molecule has 1 N–H and O–H groups in total. The molecule has 104 valence electrons. The zero-order valence-corrected chi connectivity index (χ0v) is 12.1. The van der Waals surface area contributed by atoms with Gasteiger partial charge in [0.2, 0.25) is 0 Å². The predicted molar refractivity (Wildman–Crippen MR) is 81.9 cm³/mol. The van der Waals surface area contributed by atoms with Crippen LogP contribution in [0, 0.1) is 5.92 Å². The van der Waals surface area contributed by atoms with Crippen LogP contribution in [0.3, 0.4) is 0 Å². The standard InChI is InChI=1S/C17H26N2/c1-18-11-4-8-15-7-3-9-17-16(15)10-12-19(17)13-14-5-2-6-14/h3,7,9,14,18H,2,4-6,8,10-13H2,1H3. The molecular formula is C17H26N2. The van der Waals surface area contributed by atoms with Crippen molar-refractivity contribution in [2.24, 2.45) is 5.92 Å². The first-order chi connectivity index (χ1) is 9.38. The number of aryl methyl sites for hydroxylation is 1. The Labute approximate surface area is 117 Å². The molecule has 1 saturated carbocycles. The lowest BCUT2D eigenvalue weighted by Gasteiger charge is -2.31. The van der Waals surface area contributed by atoms with E-state index in [0.717, 1.165) is 12.5 Å². The van der Waals surface area contributed by atoms with Crippen LogP contribution in [0.1, 0.15) is 36.8 Å². The lowest BCUT2D eigenvalue weighted by Crippen LogP contribution is -2.31. The molecule has 1 aromatic carbocycles. The van der Waals surface area contributed by atoms with E-state index in [0.29, 0.717) is 0 Å². The molecule has 19 heavy (non-hydrogen) atoms. The van der Waals surface area contributed by atoms with Crippen molar-refractivity contribution in [3.8, 4) is 0 Å². The molecule has 0 radical (unpaired) electrons. The van der Waals surface area contributed by atoms with Gasteiger partial charge < -0.3 is 10.2 Å². The van der Waals surface area contributed by atoms with Gasteiger partial charge in [0.05, 0.1) is 0 Å². The Morgan fingerprint density at radius 3 is 2.95 bits per heavy atom. The number of nitrogens with zero attached hydrogens (tertiary/aromatic N) is 1. The first kappa shape index (κ1) is 13.0. The van der Waals surface area contributed by atoms with E-state index in [-0.39, 0.29) is 0 Å². The average Bonchev–Trinajstić information content (AvgIpc) is 2.78.